The van der Waals surface area contributed by atoms with Crippen molar-refractivity contribution in [2.75, 3.05) is 0 Å². The number of oxazole rings is 1. The number of carboxylic acid groups (broad SMARTS) is 1. The molecule has 0 bridgehead atoms. The summed E-state index contributed by atoms with van der Waals surface area (Å²) in [7, 11) is 0. The van der Waals surface area contributed by atoms with Gasteiger partial charge in [0, 0.05) is 0 Å². The van der Waals surface area contributed by atoms with Crippen molar-refractivity contribution in [1.82, 2.24) is 4.98 Å². The van der Waals surface area contributed by atoms with Gasteiger partial charge in [-0.2, -0.15) is 18.2 Å². The molecular formula is C14H10F3NO4. The zero-order valence-corrected chi connectivity index (χ0v) is 11.1. The van der Waals surface area contributed by atoms with E-state index in [1.54, 1.807) is 0 Å². The average molecular weight is 313 g/mol. The number of carbonyl (C=O) groups is 1. The summed E-state index contributed by atoms with van der Waals surface area (Å²) in [5, 5.41) is 8.74. The normalized spacial score (nSPS) is 17.3. The van der Waals surface area contributed by atoms with Gasteiger partial charge in [0.15, 0.2) is 5.69 Å². The van der Waals surface area contributed by atoms with Crippen LogP contribution in [0.2, 0.25) is 0 Å². The molecule has 1 aliphatic carbocycles. The lowest BCUT2D eigenvalue weighted by molar-refractivity contribution is -0.149. The van der Waals surface area contributed by atoms with E-state index in [4.69, 9.17) is 14.3 Å². The van der Waals surface area contributed by atoms with Crippen LogP contribution in [0.1, 0.15) is 34.0 Å². The minimum atomic E-state index is -4.30. The van der Waals surface area contributed by atoms with Crippen LogP contribution in [0.3, 0.4) is 0 Å². The standard InChI is InChI=1S/C14H10F3NO4/c15-14(16,17)9-5-4-8-7(9)2-1-3-11(8)22-13-18-10(6-21-13)12(19)20/h1-3,6,9H,4-5H2,(H,19,20). The topological polar surface area (TPSA) is 72.6 Å². The third-order valence-corrected chi connectivity index (χ3v) is 3.52. The molecule has 1 heterocycles. The third-order valence-electron chi connectivity index (χ3n) is 3.52. The van der Waals surface area contributed by atoms with Gasteiger partial charge in [0.1, 0.15) is 12.0 Å². The minimum absolute atomic E-state index is 0.0365. The van der Waals surface area contributed by atoms with Gasteiger partial charge in [-0.3, -0.25) is 0 Å². The van der Waals surface area contributed by atoms with Gasteiger partial charge in [-0.15, -0.1) is 0 Å². The highest BCUT2D eigenvalue weighted by molar-refractivity contribution is 5.84. The second-order valence-electron chi connectivity index (χ2n) is 4.86. The molecule has 2 aromatic rings. The Kier molecular flexibility index (Phi) is 3.31. The summed E-state index contributed by atoms with van der Waals surface area (Å²) in [4.78, 5) is 14.3. The Morgan fingerprint density at radius 1 is 1.41 bits per heavy atom. The molecule has 1 unspecified atom stereocenters. The molecule has 1 aromatic carbocycles. The molecule has 3 rings (SSSR count). The third kappa shape index (κ3) is 2.51. The van der Waals surface area contributed by atoms with E-state index in [9.17, 15) is 18.0 Å². The van der Waals surface area contributed by atoms with E-state index < -0.39 is 18.1 Å². The predicted octanol–water partition coefficient (Wildman–Crippen LogP) is 3.76. The van der Waals surface area contributed by atoms with Crippen molar-refractivity contribution >= 4 is 5.97 Å². The van der Waals surface area contributed by atoms with Crippen LogP contribution in [0.5, 0.6) is 11.8 Å². The van der Waals surface area contributed by atoms with E-state index in [2.05, 4.69) is 4.98 Å². The SMILES string of the molecule is O=C(O)c1coc(Oc2cccc3c2CCC3C(F)(F)F)n1. The number of aromatic carboxylic acids is 1. The van der Waals surface area contributed by atoms with Gasteiger partial charge in [0.25, 0.3) is 0 Å². The molecule has 1 aromatic heterocycles. The van der Waals surface area contributed by atoms with Crippen LogP contribution in [-0.2, 0) is 6.42 Å². The van der Waals surface area contributed by atoms with Gasteiger partial charge < -0.3 is 14.3 Å². The Labute approximate surface area is 122 Å². The molecule has 0 saturated heterocycles. The van der Waals surface area contributed by atoms with Crippen LogP contribution < -0.4 is 4.74 Å². The van der Waals surface area contributed by atoms with Gasteiger partial charge in [0.2, 0.25) is 0 Å². The van der Waals surface area contributed by atoms with Crippen LogP contribution in [0, 0.1) is 0 Å². The first-order chi connectivity index (χ1) is 10.4. The molecular weight excluding hydrogens is 303 g/mol. The molecule has 1 N–H and O–H groups in total. The first-order valence-corrected chi connectivity index (χ1v) is 6.41. The molecule has 0 saturated carbocycles. The number of fused-ring (bicyclic) bond motifs is 1. The lowest BCUT2D eigenvalue weighted by Gasteiger charge is -2.15. The number of hydrogen-bond acceptors (Lipinski definition) is 4. The predicted molar refractivity (Wildman–Crippen MR) is 67.1 cm³/mol. The van der Waals surface area contributed by atoms with Gasteiger partial charge in [0.05, 0.1) is 5.92 Å². The van der Waals surface area contributed by atoms with Crippen molar-refractivity contribution in [1.29, 1.82) is 0 Å². The van der Waals surface area contributed by atoms with Crippen molar-refractivity contribution in [2.24, 2.45) is 0 Å². The minimum Gasteiger partial charge on any atom is -0.476 e. The van der Waals surface area contributed by atoms with E-state index in [1.165, 1.54) is 18.2 Å². The maximum Gasteiger partial charge on any atom is 0.399 e. The first kappa shape index (κ1) is 14.4. The number of rotatable bonds is 3. The summed E-state index contributed by atoms with van der Waals surface area (Å²) in [5.41, 5.74) is 0.283. The maximum absolute atomic E-state index is 13.0. The second kappa shape index (κ2) is 5.04. The number of hydrogen-bond donors (Lipinski definition) is 1. The summed E-state index contributed by atoms with van der Waals surface area (Å²) >= 11 is 0. The lowest BCUT2D eigenvalue weighted by Crippen LogP contribution is -2.18. The molecule has 22 heavy (non-hydrogen) atoms. The van der Waals surface area contributed by atoms with E-state index >= 15 is 0 Å². The molecule has 116 valence electrons. The van der Waals surface area contributed by atoms with Crippen molar-refractivity contribution in [3.63, 3.8) is 0 Å². The molecule has 0 aliphatic heterocycles. The fourth-order valence-corrected chi connectivity index (χ4v) is 2.55. The van der Waals surface area contributed by atoms with Crippen LogP contribution in [0.25, 0.3) is 0 Å². The molecule has 8 heteroatoms. The Balaban J connectivity index is 1.90. The van der Waals surface area contributed by atoms with E-state index in [0.717, 1.165) is 6.26 Å². The van der Waals surface area contributed by atoms with Gasteiger partial charge in [-0.05, 0) is 30.0 Å². The zero-order chi connectivity index (χ0) is 15.9. The molecule has 0 amide bonds. The average Bonchev–Trinajstić information content (AvgIpc) is 3.04. The summed E-state index contributed by atoms with van der Waals surface area (Å²) in [6.07, 6.45) is -3.53. The number of halogens is 3. The Hall–Kier alpha value is -2.51. The quantitative estimate of drug-likeness (QED) is 0.934. The van der Waals surface area contributed by atoms with Crippen molar-refractivity contribution < 1.29 is 32.2 Å². The number of alkyl halides is 3. The van der Waals surface area contributed by atoms with Gasteiger partial charge >= 0.3 is 18.2 Å². The van der Waals surface area contributed by atoms with E-state index in [-0.39, 0.29) is 35.9 Å². The number of ether oxygens (including phenoxy) is 1. The van der Waals surface area contributed by atoms with Crippen LogP contribution >= 0.6 is 0 Å². The monoisotopic (exact) mass is 313 g/mol. The number of aromatic nitrogens is 1. The molecule has 5 nitrogen and oxygen atoms in total. The zero-order valence-electron chi connectivity index (χ0n) is 11.1. The largest absolute Gasteiger partial charge is 0.476 e. The number of nitrogens with zero attached hydrogens (tertiary/aromatic N) is 1. The molecule has 0 spiro atoms. The van der Waals surface area contributed by atoms with Crippen molar-refractivity contribution in [3.05, 3.63) is 41.3 Å². The molecule has 1 atom stereocenters. The second-order valence-corrected chi connectivity index (χ2v) is 4.86. The van der Waals surface area contributed by atoms with Crippen LogP contribution in [-0.4, -0.2) is 22.2 Å². The van der Waals surface area contributed by atoms with E-state index in [0.29, 0.717) is 5.56 Å². The van der Waals surface area contributed by atoms with Crippen LogP contribution in [0.4, 0.5) is 13.2 Å². The smallest absolute Gasteiger partial charge is 0.399 e. The number of benzene rings is 1. The highest BCUT2D eigenvalue weighted by Crippen LogP contribution is 2.47. The van der Waals surface area contributed by atoms with Gasteiger partial charge in [-0.25, -0.2) is 4.79 Å². The highest BCUT2D eigenvalue weighted by atomic mass is 19.4. The fraction of sp³-hybridized carbons (Fsp3) is 0.286. The Bertz CT molecular complexity index is 723. The molecule has 1 aliphatic rings. The fourth-order valence-electron chi connectivity index (χ4n) is 2.55. The summed E-state index contributed by atoms with van der Waals surface area (Å²) < 4.78 is 49.0. The molecule has 0 radical (unpaired) electrons. The van der Waals surface area contributed by atoms with Crippen molar-refractivity contribution in [3.8, 4) is 11.8 Å². The Morgan fingerprint density at radius 2 is 2.18 bits per heavy atom. The molecule has 0 fully saturated rings. The highest BCUT2D eigenvalue weighted by Gasteiger charge is 2.44. The summed E-state index contributed by atoms with van der Waals surface area (Å²) in [6, 6.07) is 4.38. The van der Waals surface area contributed by atoms with Crippen LogP contribution in [0.15, 0.2) is 28.9 Å². The maximum atomic E-state index is 13.0. The summed E-state index contributed by atoms with van der Waals surface area (Å²) in [5.74, 6) is -2.60. The Morgan fingerprint density at radius 3 is 2.82 bits per heavy atom. The lowest BCUT2D eigenvalue weighted by atomic mass is 10.0. The summed E-state index contributed by atoms with van der Waals surface area (Å²) in [6.45, 7) is 0. The van der Waals surface area contributed by atoms with E-state index in [1.807, 2.05) is 0 Å². The number of carboxylic acids is 1. The van der Waals surface area contributed by atoms with Gasteiger partial charge in [-0.1, -0.05) is 12.1 Å². The first-order valence-electron chi connectivity index (χ1n) is 6.41. The van der Waals surface area contributed by atoms with Crippen molar-refractivity contribution in [2.45, 2.75) is 24.9 Å².